The Bertz CT molecular complexity index is 1320. The molecule has 82 heavy (non-hydrogen) atoms. The highest BCUT2D eigenvalue weighted by Gasteiger charge is 2.20. The van der Waals surface area contributed by atoms with E-state index >= 15 is 0 Å². The number of esters is 3. The van der Waals surface area contributed by atoms with Crippen molar-refractivity contribution in [2.75, 3.05) is 13.2 Å². The van der Waals surface area contributed by atoms with Gasteiger partial charge < -0.3 is 14.2 Å². The molecule has 0 spiro atoms. The average Bonchev–Trinajstić information content (AvgIpc) is 3.47. The van der Waals surface area contributed by atoms with Crippen LogP contribution >= 0.6 is 0 Å². The SMILES string of the molecule is CCCCC/C=C\C/C=C\CCCCCCCCCC(=O)OCC(COC(=O)CCCCCCCCCCCCCCCCCCCCCCCCCC)OC(=O)CCCCCCCCCCCCCCCCCCCCCCCCC. The summed E-state index contributed by atoms with van der Waals surface area (Å²) in [7, 11) is 0. The molecule has 0 fully saturated rings. The highest BCUT2D eigenvalue weighted by molar-refractivity contribution is 5.71. The first-order valence-corrected chi connectivity index (χ1v) is 37.3. The van der Waals surface area contributed by atoms with E-state index in [1.165, 1.54) is 315 Å². The van der Waals surface area contributed by atoms with Gasteiger partial charge in [-0.05, 0) is 51.4 Å². The molecule has 0 N–H and O–H groups in total. The molecule has 1 unspecified atom stereocenters. The third-order valence-electron chi connectivity index (χ3n) is 17.2. The van der Waals surface area contributed by atoms with Crippen molar-refractivity contribution in [3.63, 3.8) is 0 Å². The van der Waals surface area contributed by atoms with Gasteiger partial charge in [0.05, 0.1) is 0 Å². The highest BCUT2D eigenvalue weighted by Crippen LogP contribution is 2.19. The molecule has 484 valence electrons. The zero-order valence-corrected chi connectivity index (χ0v) is 55.8. The molecule has 0 aromatic carbocycles. The normalized spacial score (nSPS) is 12.1. The van der Waals surface area contributed by atoms with Crippen molar-refractivity contribution in [3.8, 4) is 0 Å². The average molecular weight is 1150 g/mol. The van der Waals surface area contributed by atoms with E-state index in [-0.39, 0.29) is 31.1 Å². The van der Waals surface area contributed by atoms with Crippen LogP contribution in [0.5, 0.6) is 0 Å². The van der Waals surface area contributed by atoms with E-state index in [0.717, 1.165) is 70.6 Å². The summed E-state index contributed by atoms with van der Waals surface area (Å²) < 4.78 is 17.0. The summed E-state index contributed by atoms with van der Waals surface area (Å²) in [5.74, 6) is -0.838. The molecule has 0 rings (SSSR count). The number of ether oxygens (including phenoxy) is 3. The monoisotopic (exact) mass is 1150 g/mol. The molecule has 0 aromatic rings. The third-order valence-corrected chi connectivity index (χ3v) is 17.2. The Morgan fingerprint density at radius 3 is 0.695 bits per heavy atom. The summed E-state index contributed by atoms with van der Waals surface area (Å²) in [6.07, 6.45) is 87.9. The number of unbranched alkanes of at least 4 members (excludes halogenated alkanes) is 55. The fraction of sp³-hybridized carbons (Fsp3) is 0.908. The summed E-state index contributed by atoms with van der Waals surface area (Å²) in [5, 5.41) is 0. The number of allylic oxidation sites excluding steroid dienone is 4. The topological polar surface area (TPSA) is 78.9 Å². The Morgan fingerprint density at radius 1 is 0.244 bits per heavy atom. The lowest BCUT2D eigenvalue weighted by Crippen LogP contribution is -2.30. The fourth-order valence-corrected chi connectivity index (χ4v) is 11.6. The maximum absolute atomic E-state index is 13.0. The predicted molar refractivity (Wildman–Crippen MR) is 358 cm³/mol. The Kier molecular flexibility index (Phi) is 69.5. The summed E-state index contributed by atoms with van der Waals surface area (Å²) in [4.78, 5) is 38.5. The number of hydrogen-bond acceptors (Lipinski definition) is 6. The van der Waals surface area contributed by atoms with Gasteiger partial charge in [-0.25, -0.2) is 0 Å². The van der Waals surface area contributed by atoms with Crippen LogP contribution in [0.2, 0.25) is 0 Å². The standard InChI is InChI=1S/C76H144O6/c1-4-7-10-13-16-19-22-25-28-31-33-35-37-39-40-42-45-48-51-54-57-60-63-66-69-75(78)81-72-73(71-80-74(77)68-65-62-59-56-53-50-47-44-30-27-24-21-18-15-12-9-6-3)82-76(79)70-67-64-61-58-55-52-49-46-43-41-38-36-34-32-29-26-23-20-17-14-11-8-5-2/h18,21,27,30,73H,4-17,19-20,22-26,28-29,31-72H2,1-3H3/b21-18-,30-27-. The Labute approximate surface area is 513 Å². The summed E-state index contributed by atoms with van der Waals surface area (Å²) >= 11 is 0. The van der Waals surface area contributed by atoms with Gasteiger partial charge in [-0.3, -0.25) is 14.4 Å². The molecular weight excluding hydrogens is 1010 g/mol. The lowest BCUT2D eigenvalue weighted by molar-refractivity contribution is -0.167. The molecular formula is C76H144O6. The maximum atomic E-state index is 13.0. The zero-order chi connectivity index (χ0) is 59.2. The Balaban J connectivity index is 4.26. The first-order chi connectivity index (χ1) is 40.5. The van der Waals surface area contributed by atoms with Gasteiger partial charge in [0.2, 0.25) is 0 Å². The molecule has 0 saturated heterocycles. The molecule has 0 heterocycles. The van der Waals surface area contributed by atoms with Gasteiger partial charge >= 0.3 is 17.9 Å². The minimum Gasteiger partial charge on any atom is -0.462 e. The van der Waals surface area contributed by atoms with Crippen LogP contribution in [0, 0.1) is 0 Å². The second kappa shape index (κ2) is 71.4. The molecule has 6 nitrogen and oxygen atoms in total. The van der Waals surface area contributed by atoms with Crippen molar-refractivity contribution in [1.29, 1.82) is 0 Å². The van der Waals surface area contributed by atoms with E-state index in [9.17, 15) is 14.4 Å². The quantitative estimate of drug-likeness (QED) is 0.0261. The smallest absolute Gasteiger partial charge is 0.306 e. The van der Waals surface area contributed by atoms with E-state index in [0.29, 0.717) is 19.3 Å². The van der Waals surface area contributed by atoms with Gasteiger partial charge in [-0.2, -0.15) is 0 Å². The van der Waals surface area contributed by atoms with Gasteiger partial charge in [-0.1, -0.05) is 379 Å². The molecule has 1 atom stereocenters. The van der Waals surface area contributed by atoms with Crippen LogP contribution in [0.1, 0.15) is 425 Å². The van der Waals surface area contributed by atoms with Crippen molar-refractivity contribution >= 4 is 17.9 Å². The summed E-state index contributed by atoms with van der Waals surface area (Å²) in [5.41, 5.74) is 0. The van der Waals surface area contributed by atoms with Crippen LogP contribution in [0.4, 0.5) is 0 Å². The van der Waals surface area contributed by atoms with Crippen molar-refractivity contribution in [1.82, 2.24) is 0 Å². The van der Waals surface area contributed by atoms with E-state index < -0.39 is 6.10 Å². The summed E-state index contributed by atoms with van der Waals surface area (Å²) in [6, 6.07) is 0. The lowest BCUT2D eigenvalue weighted by atomic mass is 10.0. The van der Waals surface area contributed by atoms with Gasteiger partial charge in [0.1, 0.15) is 13.2 Å². The van der Waals surface area contributed by atoms with Crippen LogP contribution < -0.4 is 0 Å². The second-order valence-electron chi connectivity index (χ2n) is 25.6. The van der Waals surface area contributed by atoms with Crippen LogP contribution in [0.3, 0.4) is 0 Å². The van der Waals surface area contributed by atoms with Crippen LogP contribution in [-0.2, 0) is 28.6 Å². The van der Waals surface area contributed by atoms with Crippen molar-refractivity contribution in [2.24, 2.45) is 0 Å². The van der Waals surface area contributed by atoms with Gasteiger partial charge in [0.15, 0.2) is 6.10 Å². The van der Waals surface area contributed by atoms with Gasteiger partial charge in [0.25, 0.3) is 0 Å². The molecule has 0 amide bonds. The summed E-state index contributed by atoms with van der Waals surface area (Å²) in [6.45, 7) is 6.71. The van der Waals surface area contributed by atoms with Crippen molar-refractivity contribution < 1.29 is 28.6 Å². The molecule has 0 aromatic heterocycles. The van der Waals surface area contributed by atoms with Crippen LogP contribution in [-0.4, -0.2) is 37.2 Å². The highest BCUT2D eigenvalue weighted by atomic mass is 16.6. The van der Waals surface area contributed by atoms with Crippen molar-refractivity contribution in [2.45, 2.75) is 431 Å². The maximum Gasteiger partial charge on any atom is 0.306 e. The molecule has 6 heteroatoms. The van der Waals surface area contributed by atoms with Gasteiger partial charge in [-0.15, -0.1) is 0 Å². The Hall–Kier alpha value is -2.11. The molecule has 0 aliphatic heterocycles. The fourth-order valence-electron chi connectivity index (χ4n) is 11.6. The second-order valence-corrected chi connectivity index (χ2v) is 25.6. The first-order valence-electron chi connectivity index (χ1n) is 37.3. The van der Waals surface area contributed by atoms with E-state index in [1.54, 1.807) is 0 Å². The molecule has 0 saturated carbocycles. The largest absolute Gasteiger partial charge is 0.462 e. The number of carbonyl (C=O) groups excluding carboxylic acids is 3. The van der Waals surface area contributed by atoms with Gasteiger partial charge in [0, 0.05) is 19.3 Å². The number of carbonyl (C=O) groups is 3. The lowest BCUT2D eigenvalue weighted by Gasteiger charge is -2.18. The van der Waals surface area contributed by atoms with E-state index in [2.05, 4.69) is 45.1 Å². The zero-order valence-electron chi connectivity index (χ0n) is 55.8. The third kappa shape index (κ3) is 68.7. The molecule has 0 aliphatic rings. The molecule has 0 aliphatic carbocycles. The molecule has 0 bridgehead atoms. The minimum atomic E-state index is -0.772. The van der Waals surface area contributed by atoms with Crippen LogP contribution in [0.25, 0.3) is 0 Å². The molecule has 0 radical (unpaired) electrons. The van der Waals surface area contributed by atoms with E-state index in [1.807, 2.05) is 0 Å². The van der Waals surface area contributed by atoms with Crippen LogP contribution in [0.15, 0.2) is 24.3 Å². The minimum absolute atomic E-state index is 0.0668. The Morgan fingerprint density at radius 2 is 0.439 bits per heavy atom. The van der Waals surface area contributed by atoms with E-state index in [4.69, 9.17) is 14.2 Å². The number of rotatable bonds is 70. The predicted octanol–water partition coefficient (Wildman–Crippen LogP) is 25.7. The first kappa shape index (κ1) is 79.9. The number of hydrogen-bond donors (Lipinski definition) is 0. The van der Waals surface area contributed by atoms with Crippen molar-refractivity contribution in [3.05, 3.63) is 24.3 Å².